The lowest BCUT2D eigenvalue weighted by atomic mass is 9.95. The molecule has 1 saturated carbocycles. The first-order valence-corrected chi connectivity index (χ1v) is 10.9. The Hall–Kier alpha value is -1.44. The second kappa shape index (κ2) is 7.66. The quantitative estimate of drug-likeness (QED) is 0.753. The summed E-state index contributed by atoms with van der Waals surface area (Å²) in [6, 6.07) is 6.67. The molecule has 1 heterocycles. The van der Waals surface area contributed by atoms with E-state index in [-0.39, 0.29) is 17.9 Å². The molecule has 1 atom stereocenters. The van der Waals surface area contributed by atoms with Crippen LogP contribution in [-0.4, -0.2) is 43.8 Å². The van der Waals surface area contributed by atoms with Crippen LogP contribution in [0.15, 0.2) is 29.2 Å². The van der Waals surface area contributed by atoms with Crippen molar-refractivity contribution in [3.05, 3.63) is 29.8 Å². The van der Waals surface area contributed by atoms with E-state index in [4.69, 9.17) is 5.73 Å². The van der Waals surface area contributed by atoms with E-state index in [0.29, 0.717) is 30.4 Å². The maximum atomic E-state index is 12.7. The van der Waals surface area contributed by atoms with Crippen LogP contribution in [0.3, 0.4) is 0 Å². The fraction of sp³-hybridized carbons (Fsp3) is 0.632. The number of hydrogen-bond acceptors (Lipinski definition) is 4. The Bertz CT molecular complexity index is 738. The first-order chi connectivity index (χ1) is 12.3. The molecule has 0 radical (unpaired) electrons. The van der Waals surface area contributed by atoms with Crippen LogP contribution in [0.5, 0.6) is 0 Å². The van der Waals surface area contributed by atoms with Crippen molar-refractivity contribution in [1.29, 1.82) is 0 Å². The molecular weight excluding hydrogens is 350 g/mol. The first-order valence-electron chi connectivity index (χ1n) is 9.45. The Balaban J connectivity index is 1.63. The SMILES string of the molecule is CC(CN)(NC(=O)Cc1ccc(S(=O)(=O)N2CCCCC2)cc1)C1CC1. The predicted octanol–water partition coefficient (Wildman–Crippen LogP) is 1.65. The molecule has 0 aromatic heterocycles. The third-order valence-electron chi connectivity index (χ3n) is 5.57. The standard InChI is InChI=1S/C19H29N3O3S/c1-19(14-20,16-7-8-16)21-18(23)13-15-5-9-17(10-6-15)26(24,25)22-11-3-2-4-12-22/h5-6,9-10,16H,2-4,7-8,11-14,20H2,1H3,(H,21,23). The average Bonchev–Trinajstić information content (AvgIpc) is 3.48. The van der Waals surface area contributed by atoms with Crippen LogP contribution in [0, 0.1) is 5.92 Å². The number of benzene rings is 1. The van der Waals surface area contributed by atoms with Crippen molar-refractivity contribution in [2.45, 2.75) is 55.9 Å². The van der Waals surface area contributed by atoms with Crippen molar-refractivity contribution in [1.82, 2.24) is 9.62 Å². The Morgan fingerprint density at radius 1 is 1.19 bits per heavy atom. The third kappa shape index (κ3) is 4.27. The normalized spacial score (nSPS) is 21.2. The maximum absolute atomic E-state index is 12.7. The molecule has 3 rings (SSSR count). The molecule has 2 fully saturated rings. The van der Waals surface area contributed by atoms with Gasteiger partial charge in [0.1, 0.15) is 0 Å². The van der Waals surface area contributed by atoms with E-state index < -0.39 is 10.0 Å². The topological polar surface area (TPSA) is 92.5 Å². The van der Waals surface area contributed by atoms with Gasteiger partial charge in [-0.15, -0.1) is 0 Å². The van der Waals surface area contributed by atoms with Gasteiger partial charge in [-0.3, -0.25) is 4.79 Å². The second-order valence-corrected chi connectivity index (χ2v) is 9.67. The van der Waals surface area contributed by atoms with Gasteiger partial charge in [0.25, 0.3) is 0 Å². The number of piperidine rings is 1. The van der Waals surface area contributed by atoms with Crippen LogP contribution in [0.1, 0.15) is 44.6 Å². The van der Waals surface area contributed by atoms with Gasteiger partial charge in [0.15, 0.2) is 0 Å². The molecule has 1 aliphatic heterocycles. The van der Waals surface area contributed by atoms with Gasteiger partial charge in [0.2, 0.25) is 15.9 Å². The molecule has 144 valence electrons. The van der Waals surface area contributed by atoms with E-state index in [2.05, 4.69) is 5.32 Å². The highest BCUT2D eigenvalue weighted by atomic mass is 32.2. The minimum absolute atomic E-state index is 0.0727. The highest BCUT2D eigenvalue weighted by Gasteiger charge is 2.41. The van der Waals surface area contributed by atoms with Crippen molar-refractivity contribution in [2.24, 2.45) is 11.7 Å². The van der Waals surface area contributed by atoms with Gasteiger partial charge in [-0.1, -0.05) is 18.6 Å². The zero-order valence-corrected chi connectivity index (χ0v) is 16.2. The Labute approximate surface area is 156 Å². The summed E-state index contributed by atoms with van der Waals surface area (Å²) in [7, 11) is -3.43. The van der Waals surface area contributed by atoms with Gasteiger partial charge >= 0.3 is 0 Å². The van der Waals surface area contributed by atoms with Gasteiger partial charge in [-0.2, -0.15) is 4.31 Å². The minimum Gasteiger partial charge on any atom is -0.349 e. The monoisotopic (exact) mass is 379 g/mol. The van der Waals surface area contributed by atoms with E-state index in [1.807, 2.05) is 6.92 Å². The van der Waals surface area contributed by atoms with Crippen molar-refractivity contribution < 1.29 is 13.2 Å². The molecule has 1 saturated heterocycles. The molecule has 3 N–H and O–H groups in total. The van der Waals surface area contributed by atoms with Crippen LogP contribution in [0.4, 0.5) is 0 Å². The highest BCUT2D eigenvalue weighted by molar-refractivity contribution is 7.89. The van der Waals surface area contributed by atoms with Crippen molar-refractivity contribution in [3.63, 3.8) is 0 Å². The van der Waals surface area contributed by atoms with Crippen molar-refractivity contribution >= 4 is 15.9 Å². The molecule has 1 amide bonds. The number of sulfonamides is 1. The fourth-order valence-electron chi connectivity index (χ4n) is 3.62. The number of carbonyl (C=O) groups is 1. The summed E-state index contributed by atoms with van der Waals surface area (Å²) >= 11 is 0. The second-order valence-electron chi connectivity index (χ2n) is 7.73. The van der Waals surface area contributed by atoms with E-state index in [1.165, 1.54) is 0 Å². The van der Waals surface area contributed by atoms with Crippen LogP contribution >= 0.6 is 0 Å². The number of hydrogen-bond donors (Lipinski definition) is 2. The summed E-state index contributed by atoms with van der Waals surface area (Å²) in [6.07, 6.45) is 5.36. The molecule has 0 bridgehead atoms. The molecule has 26 heavy (non-hydrogen) atoms. The van der Waals surface area contributed by atoms with Gasteiger partial charge in [0, 0.05) is 19.6 Å². The van der Waals surface area contributed by atoms with Gasteiger partial charge in [-0.05, 0) is 56.2 Å². The Morgan fingerprint density at radius 2 is 1.81 bits per heavy atom. The summed E-state index contributed by atoms with van der Waals surface area (Å²) in [5.74, 6) is 0.394. The number of nitrogens with two attached hydrogens (primary N) is 1. The number of nitrogens with zero attached hydrogens (tertiary/aromatic N) is 1. The van der Waals surface area contributed by atoms with Crippen molar-refractivity contribution in [3.8, 4) is 0 Å². The van der Waals surface area contributed by atoms with Gasteiger partial charge in [0.05, 0.1) is 16.9 Å². The lowest BCUT2D eigenvalue weighted by Gasteiger charge is -2.29. The zero-order chi connectivity index (χ0) is 18.8. The largest absolute Gasteiger partial charge is 0.349 e. The summed E-state index contributed by atoms with van der Waals surface area (Å²) in [5, 5.41) is 3.06. The average molecular weight is 380 g/mol. The molecular formula is C19H29N3O3S. The molecule has 1 aromatic carbocycles. The molecule has 1 aromatic rings. The number of amides is 1. The van der Waals surface area contributed by atoms with E-state index >= 15 is 0 Å². The summed E-state index contributed by atoms with van der Waals surface area (Å²) in [6.45, 7) is 3.60. The molecule has 6 nitrogen and oxygen atoms in total. The summed E-state index contributed by atoms with van der Waals surface area (Å²) in [5.41, 5.74) is 6.30. The van der Waals surface area contributed by atoms with Crippen LogP contribution < -0.4 is 11.1 Å². The van der Waals surface area contributed by atoms with E-state index in [1.54, 1.807) is 28.6 Å². The minimum atomic E-state index is -3.43. The maximum Gasteiger partial charge on any atom is 0.243 e. The molecule has 2 aliphatic rings. The number of rotatable bonds is 7. The van der Waals surface area contributed by atoms with Gasteiger partial charge < -0.3 is 11.1 Å². The van der Waals surface area contributed by atoms with Crippen LogP contribution in [-0.2, 0) is 21.2 Å². The smallest absolute Gasteiger partial charge is 0.243 e. The molecule has 1 unspecified atom stereocenters. The van der Waals surface area contributed by atoms with Gasteiger partial charge in [-0.25, -0.2) is 8.42 Å². The highest BCUT2D eigenvalue weighted by Crippen LogP contribution is 2.39. The number of carbonyl (C=O) groups excluding carboxylic acids is 1. The third-order valence-corrected chi connectivity index (χ3v) is 7.48. The van der Waals surface area contributed by atoms with E-state index in [0.717, 1.165) is 37.7 Å². The first kappa shape index (κ1) is 19.3. The molecule has 0 spiro atoms. The lowest BCUT2D eigenvalue weighted by molar-refractivity contribution is -0.122. The van der Waals surface area contributed by atoms with Crippen LogP contribution in [0.2, 0.25) is 0 Å². The lowest BCUT2D eigenvalue weighted by Crippen LogP contribution is -2.53. The predicted molar refractivity (Wildman–Crippen MR) is 101 cm³/mol. The Morgan fingerprint density at radius 3 is 2.35 bits per heavy atom. The molecule has 7 heteroatoms. The Kier molecular flexibility index (Phi) is 5.69. The van der Waals surface area contributed by atoms with Crippen LogP contribution in [0.25, 0.3) is 0 Å². The zero-order valence-electron chi connectivity index (χ0n) is 15.4. The van der Waals surface area contributed by atoms with Crippen molar-refractivity contribution in [2.75, 3.05) is 19.6 Å². The summed E-state index contributed by atoms with van der Waals surface area (Å²) < 4.78 is 26.9. The number of nitrogens with one attached hydrogen (secondary N) is 1. The fourth-order valence-corrected chi connectivity index (χ4v) is 5.14. The van der Waals surface area contributed by atoms with E-state index in [9.17, 15) is 13.2 Å². The summed E-state index contributed by atoms with van der Waals surface area (Å²) in [4.78, 5) is 12.7. The molecule has 1 aliphatic carbocycles.